The Bertz CT molecular complexity index is 654. The predicted octanol–water partition coefficient (Wildman–Crippen LogP) is 5.67. The first-order valence-corrected chi connectivity index (χ1v) is 6.83. The predicted molar refractivity (Wildman–Crippen MR) is 70.5 cm³/mol. The fourth-order valence-electron chi connectivity index (χ4n) is 1.69. The molecule has 0 aliphatic heterocycles. The Kier molecular flexibility index (Phi) is 4.51. The number of rotatable bonds is 3. The van der Waals surface area contributed by atoms with Crippen molar-refractivity contribution in [1.82, 2.24) is 0 Å². The zero-order valence-electron chi connectivity index (χ0n) is 10.3. The molecule has 0 unspecified atom stereocenters. The van der Waals surface area contributed by atoms with E-state index in [1.807, 2.05) is 0 Å². The lowest BCUT2D eigenvalue weighted by molar-refractivity contribution is -0.138. The second-order valence-electron chi connectivity index (χ2n) is 4.10. The minimum Gasteiger partial charge on any atom is -0.454 e. The van der Waals surface area contributed by atoms with Gasteiger partial charge >= 0.3 is 6.18 Å². The van der Waals surface area contributed by atoms with Crippen LogP contribution in [0.4, 0.5) is 22.0 Å². The Hall–Kier alpha value is -1.63. The summed E-state index contributed by atoms with van der Waals surface area (Å²) < 4.78 is 70.1. The van der Waals surface area contributed by atoms with Crippen molar-refractivity contribution in [1.29, 1.82) is 0 Å². The SMILES string of the molecule is Fc1cccc(Oc2ccc(CBr)c(C(F)(F)F)c2)c1F. The van der Waals surface area contributed by atoms with Crippen molar-refractivity contribution >= 4 is 15.9 Å². The number of halogens is 6. The average Bonchev–Trinajstić information content (AvgIpc) is 2.43. The van der Waals surface area contributed by atoms with Crippen LogP contribution >= 0.6 is 15.9 Å². The van der Waals surface area contributed by atoms with Gasteiger partial charge in [0, 0.05) is 5.33 Å². The summed E-state index contributed by atoms with van der Waals surface area (Å²) in [6.45, 7) is 0. The highest BCUT2D eigenvalue weighted by Gasteiger charge is 2.33. The third kappa shape index (κ3) is 3.53. The first kappa shape index (κ1) is 15.8. The van der Waals surface area contributed by atoms with Gasteiger partial charge in [0.05, 0.1) is 5.56 Å². The van der Waals surface area contributed by atoms with Crippen molar-refractivity contribution in [2.24, 2.45) is 0 Å². The van der Waals surface area contributed by atoms with Crippen molar-refractivity contribution < 1.29 is 26.7 Å². The van der Waals surface area contributed by atoms with E-state index in [2.05, 4.69) is 15.9 Å². The highest BCUT2D eigenvalue weighted by Crippen LogP contribution is 2.36. The average molecular weight is 367 g/mol. The first-order chi connectivity index (χ1) is 9.82. The lowest BCUT2D eigenvalue weighted by Gasteiger charge is -2.14. The summed E-state index contributed by atoms with van der Waals surface area (Å²) in [6, 6.07) is 6.44. The molecule has 0 bridgehead atoms. The quantitative estimate of drug-likeness (QED) is 0.502. The highest BCUT2D eigenvalue weighted by molar-refractivity contribution is 9.08. The van der Waals surface area contributed by atoms with Crippen LogP contribution in [-0.2, 0) is 11.5 Å². The van der Waals surface area contributed by atoms with Gasteiger partial charge in [0.1, 0.15) is 5.75 Å². The van der Waals surface area contributed by atoms with E-state index in [-0.39, 0.29) is 16.6 Å². The molecule has 0 aliphatic rings. The molecule has 0 aliphatic carbocycles. The topological polar surface area (TPSA) is 9.23 Å². The van der Waals surface area contributed by atoms with Gasteiger partial charge in [-0.3, -0.25) is 0 Å². The minimum atomic E-state index is -4.57. The number of hydrogen-bond acceptors (Lipinski definition) is 1. The largest absolute Gasteiger partial charge is 0.454 e. The van der Waals surface area contributed by atoms with Gasteiger partial charge in [0.15, 0.2) is 11.6 Å². The monoisotopic (exact) mass is 366 g/mol. The van der Waals surface area contributed by atoms with E-state index in [1.54, 1.807) is 0 Å². The molecule has 2 aromatic rings. The third-order valence-corrected chi connectivity index (χ3v) is 3.28. The molecule has 0 saturated carbocycles. The summed E-state index contributed by atoms with van der Waals surface area (Å²) in [5, 5.41) is 0.0104. The summed E-state index contributed by atoms with van der Waals surface area (Å²) in [4.78, 5) is 0. The van der Waals surface area contributed by atoms with Crippen LogP contribution in [0.2, 0.25) is 0 Å². The Morgan fingerprint density at radius 2 is 1.76 bits per heavy atom. The number of hydrogen-bond donors (Lipinski definition) is 0. The summed E-state index contributed by atoms with van der Waals surface area (Å²) in [6.07, 6.45) is -4.57. The molecular formula is C14H8BrF5O. The Morgan fingerprint density at radius 3 is 2.38 bits per heavy atom. The highest BCUT2D eigenvalue weighted by atomic mass is 79.9. The van der Waals surface area contributed by atoms with E-state index in [4.69, 9.17) is 4.74 Å². The standard InChI is InChI=1S/C14H8BrF5O/c15-7-8-4-5-9(6-10(8)14(18,19)20)21-12-3-1-2-11(16)13(12)17/h1-6H,7H2. The summed E-state index contributed by atoms with van der Waals surface area (Å²) in [5.74, 6) is -3.09. The van der Waals surface area contributed by atoms with Crippen LogP contribution in [-0.4, -0.2) is 0 Å². The van der Waals surface area contributed by atoms with Crippen LogP contribution in [0.3, 0.4) is 0 Å². The number of benzene rings is 2. The van der Waals surface area contributed by atoms with Gasteiger partial charge in [-0.05, 0) is 29.8 Å². The molecule has 0 atom stereocenters. The fourth-order valence-corrected chi connectivity index (χ4v) is 2.18. The van der Waals surface area contributed by atoms with E-state index in [1.165, 1.54) is 18.2 Å². The first-order valence-electron chi connectivity index (χ1n) is 5.71. The fraction of sp³-hybridized carbons (Fsp3) is 0.143. The van der Waals surface area contributed by atoms with E-state index in [0.717, 1.165) is 18.2 Å². The molecular weight excluding hydrogens is 359 g/mol. The molecule has 0 aromatic heterocycles. The van der Waals surface area contributed by atoms with E-state index < -0.39 is 29.1 Å². The Balaban J connectivity index is 2.40. The lowest BCUT2D eigenvalue weighted by atomic mass is 10.1. The molecule has 112 valence electrons. The van der Waals surface area contributed by atoms with Gasteiger partial charge in [-0.2, -0.15) is 17.6 Å². The van der Waals surface area contributed by atoms with Gasteiger partial charge < -0.3 is 4.74 Å². The van der Waals surface area contributed by atoms with Crippen molar-refractivity contribution in [2.45, 2.75) is 11.5 Å². The zero-order chi connectivity index (χ0) is 15.6. The molecule has 2 rings (SSSR count). The molecule has 2 aromatic carbocycles. The van der Waals surface area contributed by atoms with Crippen molar-refractivity contribution in [3.63, 3.8) is 0 Å². The van der Waals surface area contributed by atoms with Crippen LogP contribution in [0.5, 0.6) is 11.5 Å². The minimum absolute atomic E-state index is 0.0104. The van der Waals surface area contributed by atoms with E-state index >= 15 is 0 Å². The second-order valence-corrected chi connectivity index (χ2v) is 4.67. The third-order valence-electron chi connectivity index (χ3n) is 2.67. The van der Waals surface area contributed by atoms with Crippen molar-refractivity contribution in [2.75, 3.05) is 0 Å². The van der Waals surface area contributed by atoms with Gasteiger partial charge in [-0.1, -0.05) is 28.1 Å². The molecule has 7 heteroatoms. The van der Waals surface area contributed by atoms with Crippen molar-refractivity contribution in [3.8, 4) is 11.5 Å². The molecule has 1 nitrogen and oxygen atoms in total. The molecule has 0 saturated heterocycles. The molecule has 21 heavy (non-hydrogen) atoms. The molecule has 0 radical (unpaired) electrons. The molecule has 0 fully saturated rings. The maximum Gasteiger partial charge on any atom is 0.416 e. The van der Waals surface area contributed by atoms with Crippen molar-refractivity contribution in [3.05, 3.63) is 59.2 Å². The van der Waals surface area contributed by atoms with Gasteiger partial charge in [-0.15, -0.1) is 0 Å². The van der Waals surface area contributed by atoms with Gasteiger partial charge in [0.25, 0.3) is 0 Å². The van der Waals surface area contributed by atoms with E-state index in [9.17, 15) is 22.0 Å². The van der Waals surface area contributed by atoms with E-state index in [0.29, 0.717) is 0 Å². The lowest BCUT2D eigenvalue weighted by Crippen LogP contribution is -2.08. The second kappa shape index (κ2) is 6.01. The maximum atomic E-state index is 13.4. The summed E-state index contributed by atoms with van der Waals surface area (Å²) in [5.41, 5.74) is -0.872. The van der Waals surface area contributed by atoms with Crippen LogP contribution in [0.15, 0.2) is 36.4 Å². The summed E-state index contributed by atoms with van der Waals surface area (Å²) in [7, 11) is 0. The zero-order valence-corrected chi connectivity index (χ0v) is 11.9. The normalized spacial score (nSPS) is 11.5. The molecule has 0 spiro atoms. The molecule has 0 amide bonds. The smallest absolute Gasteiger partial charge is 0.416 e. The number of alkyl halides is 4. The van der Waals surface area contributed by atoms with Crippen LogP contribution < -0.4 is 4.74 Å². The van der Waals surface area contributed by atoms with Crippen LogP contribution in [0.25, 0.3) is 0 Å². The van der Waals surface area contributed by atoms with Crippen LogP contribution in [0.1, 0.15) is 11.1 Å². The summed E-state index contributed by atoms with van der Waals surface area (Å²) >= 11 is 2.96. The Labute approximate surface area is 125 Å². The maximum absolute atomic E-state index is 13.4. The molecule has 0 N–H and O–H groups in total. The van der Waals surface area contributed by atoms with Gasteiger partial charge in [-0.25, -0.2) is 4.39 Å². The van der Waals surface area contributed by atoms with Gasteiger partial charge in [0.2, 0.25) is 5.82 Å². The number of ether oxygens (including phenoxy) is 1. The Morgan fingerprint density at radius 1 is 1.05 bits per heavy atom. The van der Waals surface area contributed by atoms with Crippen LogP contribution in [0, 0.1) is 11.6 Å². The molecule has 0 heterocycles.